The van der Waals surface area contributed by atoms with Crippen LogP contribution in [-0.4, -0.2) is 5.91 Å². The van der Waals surface area contributed by atoms with Crippen LogP contribution in [0.4, 0.5) is 5.00 Å². The molecule has 3 aromatic rings. The Balaban J connectivity index is 1.60. The van der Waals surface area contributed by atoms with E-state index in [2.05, 4.69) is 11.4 Å². The zero-order valence-electron chi connectivity index (χ0n) is 13.0. The Bertz CT molecular complexity index is 912. The fraction of sp³-hybridized carbons (Fsp3) is 0.0526. The largest absolute Gasteiger partial charge is 0.312 e. The Kier molecular flexibility index (Phi) is 5.77. The minimum Gasteiger partial charge on any atom is -0.312 e. The number of anilines is 1. The van der Waals surface area contributed by atoms with Gasteiger partial charge in [0.15, 0.2) is 0 Å². The van der Waals surface area contributed by atoms with Gasteiger partial charge in [-0.1, -0.05) is 23.7 Å². The molecule has 0 spiro atoms. The number of nitrogens with one attached hydrogen (secondary N) is 1. The molecule has 0 atom stereocenters. The summed E-state index contributed by atoms with van der Waals surface area (Å²) in [5.74, 6) is 0.600. The summed E-state index contributed by atoms with van der Waals surface area (Å²) in [6.07, 6.45) is 0. The third-order valence-electron chi connectivity index (χ3n) is 3.45. The molecule has 1 heterocycles. The van der Waals surface area contributed by atoms with E-state index in [1.54, 1.807) is 35.3 Å². The Hall–Kier alpha value is -2.26. The van der Waals surface area contributed by atoms with Crippen LogP contribution in [-0.2, 0) is 5.75 Å². The molecule has 0 aliphatic carbocycles. The predicted molar refractivity (Wildman–Crippen MR) is 104 cm³/mol. The van der Waals surface area contributed by atoms with E-state index in [0.717, 1.165) is 21.2 Å². The first-order valence-corrected chi connectivity index (χ1v) is 9.66. The van der Waals surface area contributed by atoms with E-state index < -0.39 is 0 Å². The summed E-state index contributed by atoms with van der Waals surface area (Å²) in [5.41, 5.74) is 2.18. The number of hydrogen-bond donors (Lipinski definition) is 1. The van der Waals surface area contributed by atoms with Crippen LogP contribution in [0, 0.1) is 11.3 Å². The molecule has 0 fully saturated rings. The molecule has 1 amide bonds. The maximum absolute atomic E-state index is 12.3. The average molecular weight is 385 g/mol. The highest BCUT2D eigenvalue weighted by molar-refractivity contribution is 7.98. The highest BCUT2D eigenvalue weighted by Gasteiger charge is 2.10. The molecule has 2 aromatic carbocycles. The van der Waals surface area contributed by atoms with Crippen molar-refractivity contribution < 1.29 is 4.79 Å². The van der Waals surface area contributed by atoms with Crippen molar-refractivity contribution >= 4 is 45.6 Å². The Labute approximate surface area is 159 Å². The molecule has 0 aliphatic heterocycles. The summed E-state index contributed by atoms with van der Waals surface area (Å²) in [7, 11) is 0. The van der Waals surface area contributed by atoms with Crippen molar-refractivity contribution in [3.63, 3.8) is 0 Å². The number of rotatable bonds is 5. The van der Waals surface area contributed by atoms with Gasteiger partial charge in [0.05, 0.1) is 5.56 Å². The number of thiophene rings is 1. The lowest BCUT2D eigenvalue weighted by atomic mass is 10.1. The minimum atomic E-state index is -0.212. The standard InChI is InChI=1S/C19H13ClN2OS2/c20-16-5-7-17(8-6-16)25-12-13-1-3-14(4-2-13)18(23)22-19-15(11-21)9-10-24-19/h1-10H,12H2,(H,22,23). The molecule has 0 bridgehead atoms. The van der Waals surface area contributed by atoms with Crippen LogP contribution in [0.5, 0.6) is 0 Å². The number of thioether (sulfide) groups is 1. The number of benzene rings is 2. The Morgan fingerprint density at radius 3 is 2.52 bits per heavy atom. The molecule has 3 nitrogen and oxygen atoms in total. The first-order chi connectivity index (χ1) is 12.2. The lowest BCUT2D eigenvalue weighted by molar-refractivity contribution is 0.102. The molecule has 0 saturated carbocycles. The van der Waals surface area contributed by atoms with Gasteiger partial charge in [0.2, 0.25) is 0 Å². The van der Waals surface area contributed by atoms with E-state index in [1.807, 2.05) is 36.4 Å². The molecule has 1 aromatic heterocycles. The van der Waals surface area contributed by atoms with Gasteiger partial charge in [-0.05, 0) is 53.4 Å². The number of halogens is 1. The van der Waals surface area contributed by atoms with Gasteiger partial charge >= 0.3 is 0 Å². The molecule has 0 radical (unpaired) electrons. The zero-order chi connectivity index (χ0) is 17.6. The molecular weight excluding hydrogens is 372 g/mol. The van der Waals surface area contributed by atoms with Gasteiger partial charge in [0, 0.05) is 21.2 Å². The topological polar surface area (TPSA) is 52.9 Å². The predicted octanol–water partition coefficient (Wildman–Crippen LogP) is 5.82. The first-order valence-electron chi connectivity index (χ1n) is 7.42. The normalized spacial score (nSPS) is 10.2. The minimum absolute atomic E-state index is 0.212. The number of nitrogens with zero attached hydrogens (tertiary/aromatic N) is 1. The van der Waals surface area contributed by atoms with E-state index >= 15 is 0 Å². The fourth-order valence-corrected chi connectivity index (χ4v) is 3.83. The van der Waals surface area contributed by atoms with Crippen LogP contribution in [0.3, 0.4) is 0 Å². The Morgan fingerprint density at radius 1 is 1.12 bits per heavy atom. The van der Waals surface area contributed by atoms with Gasteiger partial charge in [-0.3, -0.25) is 4.79 Å². The second kappa shape index (κ2) is 8.21. The summed E-state index contributed by atoms with van der Waals surface area (Å²) in [6.45, 7) is 0. The second-order valence-corrected chi connectivity index (χ2v) is 7.57. The number of amides is 1. The van der Waals surface area contributed by atoms with Gasteiger partial charge in [-0.2, -0.15) is 5.26 Å². The maximum atomic E-state index is 12.3. The van der Waals surface area contributed by atoms with Crippen molar-refractivity contribution in [2.45, 2.75) is 10.6 Å². The molecule has 0 aliphatic rings. The van der Waals surface area contributed by atoms with Crippen LogP contribution in [0.25, 0.3) is 0 Å². The molecular formula is C19H13ClN2OS2. The van der Waals surface area contributed by atoms with E-state index in [4.69, 9.17) is 16.9 Å². The number of carbonyl (C=O) groups excluding carboxylic acids is 1. The van der Waals surface area contributed by atoms with Gasteiger partial charge < -0.3 is 5.32 Å². The van der Waals surface area contributed by atoms with Crippen LogP contribution < -0.4 is 5.32 Å². The monoisotopic (exact) mass is 384 g/mol. The van der Waals surface area contributed by atoms with Crippen LogP contribution >= 0.6 is 34.7 Å². The van der Waals surface area contributed by atoms with Crippen LogP contribution in [0.15, 0.2) is 64.9 Å². The van der Waals surface area contributed by atoms with E-state index in [-0.39, 0.29) is 5.91 Å². The van der Waals surface area contributed by atoms with Gasteiger partial charge in [-0.15, -0.1) is 23.1 Å². The van der Waals surface area contributed by atoms with Crippen molar-refractivity contribution in [2.24, 2.45) is 0 Å². The van der Waals surface area contributed by atoms with Crippen molar-refractivity contribution in [3.8, 4) is 6.07 Å². The lowest BCUT2D eigenvalue weighted by Gasteiger charge is -2.06. The summed E-state index contributed by atoms with van der Waals surface area (Å²) in [6, 6.07) is 19.0. The molecule has 1 N–H and O–H groups in total. The first kappa shape index (κ1) is 17.6. The molecule has 3 rings (SSSR count). The summed E-state index contributed by atoms with van der Waals surface area (Å²) in [4.78, 5) is 13.4. The van der Waals surface area contributed by atoms with Gasteiger partial charge in [-0.25, -0.2) is 0 Å². The van der Waals surface area contributed by atoms with E-state index in [9.17, 15) is 4.79 Å². The molecule has 0 unspecified atom stereocenters. The third-order valence-corrected chi connectivity index (χ3v) is 5.61. The number of carbonyl (C=O) groups is 1. The van der Waals surface area contributed by atoms with Crippen molar-refractivity contribution in [1.29, 1.82) is 5.26 Å². The van der Waals surface area contributed by atoms with Crippen LogP contribution in [0.1, 0.15) is 21.5 Å². The second-order valence-electron chi connectivity index (χ2n) is 5.17. The lowest BCUT2D eigenvalue weighted by Crippen LogP contribution is -2.11. The van der Waals surface area contributed by atoms with Crippen molar-refractivity contribution in [2.75, 3.05) is 5.32 Å². The number of hydrogen-bond acceptors (Lipinski definition) is 4. The summed E-state index contributed by atoms with van der Waals surface area (Å²) >= 11 is 8.93. The molecule has 0 saturated heterocycles. The highest BCUT2D eigenvalue weighted by Crippen LogP contribution is 2.25. The smallest absolute Gasteiger partial charge is 0.256 e. The van der Waals surface area contributed by atoms with Gasteiger partial charge in [0.1, 0.15) is 11.1 Å². The average Bonchev–Trinajstić information content (AvgIpc) is 3.09. The number of nitriles is 1. The van der Waals surface area contributed by atoms with Crippen molar-refractivity contribution in [3.05, 3.63) is 81.7 Å². The highest BCUT2D eigenvalue weighted by atomic mass is 35.5. The molecule has 6 heteroatoms. The van der Waals surface area contributed by atoms with E-state index in [0.29, 0.717) is 16.1 Å². The van der Waals surface area contributed by atoms with E-state index in [1.165, 1.54) is 11.3 Å². The van der Waals surface area contributed by atoms with Gasteiger partial charge in [0.25, 0.3) is 5.91 Å². The SMILES string of the molecule is N#Cc1ccsc1NC(=O)c1ccc(CSc2ccc(Cl)cc2)cc1. The fourth-order valence-electron chi connectivity index (χ4n) is 2.12. The summed E-state index contributed by atoms with van der Waals surface area (Å²) < 4.78 is 0. The molecule has 124 valence electrons. The van der Waals surface area contributed by atoms with Crippen LogP contribution in [0.2, 0.25) is 5.02 Å². The third kappa shape index (κ3) is 4.64. The molecule has 25 heavy (non-hydrogen) atoms. The quantitative estimate of drug-likeness (QED) is 0.564. The Morgan fingerprint density at radius 2 is 1.84 bits per heavy atom. The summed E-state index contributed by atoms with van der Waals surface area (Å²) in [5, 5.41) is 14.9. The van der Waals surface area contributed by atoms with Crippen molar-refractivity contribution in [1.82, 2.24) is 0 Å². The maximum Gasteiger partial charge on any atom is 0.256 e. The zero-order valence-corrected chi connectivity index (χ0v) is 15.4.